The van der Waals surface area contributed by atoms with Crippen LogP contribution in [-0.2, 0) is 6.54 Å². The molecule has 3 aromatic rings. The minimum atomic E-state index is 0. The van der Waals surface area contributed by atoms with Gasteiger partial charge in [0.1, 0.15) is 0 Å². The van der Waals surface area contributed by atoms with Gasteiger partial charge in [-0.1, -0.05) is 62.4 Å². The Balaban J connectivity index is 0.000000796. The molecule has 0 spiro atoms. The lowest BCUT2D eigenvalue weighted by atomic mass is 10.0. The van der Waals surface area contributed by atoms with Crippen LogP contribution in [0.4, 0.5) is 5.69 Å². The van der Waals surface area contributed by atoms with Crippen LogP contribution in [0.3, 0.4) is 0 Å². The highest BCUT2D eigenvalue weighted by molar-refractivity contribution is 6.00. The Morgan fingerprint density at radius 2 is 1.52 bits per heavy atom. The fourth-order valence-electron chi connectivity index (χ4n) is 4.43. The van der Waals surface area contributed by atoms with Crippen LogP contribution in [0.5, 0.6) is 0 Å². The lowest BCUT2D eigenvalue weighted by Gasteiger charge is -2.37. The van der Waals surface area contributed by atoms with Crippen molar-refractivity contribution < 1.29 is 1.43 Å². The molecule has 31 heavy (non-hydrogen) atoms. The molecule has 1 saturated heterocycles. The summed E-state index contributed by atoms with van der Waals surface area (Å²) < 4.78 is 0. The molecule has 158 valence electrons. The number of para-hydroxylation sites is 1. The van der Waals surface area contributed by atoms with Gasteiger partial charge in [0.2, 0.25) is 0 Å². The van der Waals surface area contributed by atoms with Crippen molar-refractivity contribution in [3.8, 4) is 0 Å². The summed E-state index contributed by atoms with van der Waals surface area (Å²) in [7, 11) is 0. The van der Waals surface area contributed by atoms with Gasteiger partial charge in [-0.3, -0.25) is 9.88 Å². The zero-order valence-electron chi connectivity index (χ0n) is 18.4. The van der Waals surface area contributed by atoms with Gasteiger partial charge >= 0.3 is 0 Å². The molecule has 0 amide bonds. The Bertz CT molecular complexity index is 1160. The highest BCUT2D eigenvalue weighted by Crippen LogP contribution is 2.37. The molecule has 2 aliphatic carbocycles. The minimum Gasteiger partial charge on any atom is -0.368 e. The van der Waals surface area contributed by atoms with Gasteiger partial charge < -0.3 is 4.90 Å². The van der Waals surface area contributed by atoms with Crippen molar-refractivity contribution in [2.75, 3.05) is 31.1 Å². The molecule has 3 heteroatoms. The van der Waals surface area contributed by atoms with Gasteiger partial charge in [-0.2, -0.15) is 0 Å². The number of fused-ring (bicyclic) bond motifs is 1. The van der Waals surface area contributed by atoms with E-state index in [1.54, 1.807) is 0 Å². The highest BCUT2D eigenvalue weighted by atomic mass is 15.3. The summed E-state index contributed by atoms with van der Waals surface area (Å²) in [6, 6.07) is 17.6. The Hall–Kier alpha value is -2.91. The first kappa shape index (κ1) is 20.0. The van der Waals surface area contributed by atoms with Crippen LogP contribution in [0, 0.1) is 12.8 Å². The van der Waals surface area contributed by atoms with E-state index in [1.165, 1.54) is 38.9 Å². The van der Waals surface area contributed by atoms with E-state index in [1.807, 2.05) is 20.0 Å². The standard InChI is InChI=1S/C26H23N3.C2H6.H2/c1-2-6-25(22(4-1)19-7-8-19)29-16-14-28(15-17-29)18-21-11-12-24(20-9-10-20)26-23(21)5-3-13-27-26;1-2;/h1-13H,14-18H2;1-2H3;1H. The summed E-state index contributed by atoms with van der Waals surface area (Å²) in [6.07, 6.45) is 10.6. The van der Waals surface area contributed by atoms with Gasteiger partial charge in [0, 0.05) is 75.4 Å². The topological polar surface area (TPSA) is 19.4 Å². The molecule has 2 radical (unpaired) electrons. The number of piperazine rings is 1. The second kappa shape index (κ2) is 8.68. The van der Waals surface area contributed by atoms with Gasteiger partial charge in [0.15, 0.2) is 0 Å². The van der Waals surface area contributed by atoms with E-state index >= 15 is 0 Å². The third-order valence-corrected chi connectivity index (χ3v) is 6.16. The van der Waals surface area contributed by atoms with Crippen molar-refractivity contribution in [3.05, 3.63) is 96.4 Å². The highest BCUT2D eigenvalue weighted by Gasteiger charge is 2.23. The van der Waals surface area contributed by atoms with Gasteiger partial charge in [0.05, 0.1) is 5.52 Å². The fourth-order valence-corrected chi connectivity index (χ4v) is 4.43. The van der Waals surface area contributed by atoms with Crippen molar-refractivity contribution >= 4 is 27.7 Å². The normalized spacial score (nSPS) is 17.5. The number of aromatic nitrogens is 1. The molecule has 6 rings (SSSR count). The van der Waals surface area contributed by atoms with Gasteiger partial charge in [-0.15, -0.1) is 0 Å². The van der Waals surface area contributed by atoms with Gasteiger partial charge in [-0.05, 0) is 28.8 Å². The van der Waals surface area contributed by atoms with E-state index in [-0.39, 0.29) is 1.43 Å². The van der Waals surface area contributed by atoms with E-state index in [0.29, 0.717) is 0 Å². The number of hydrogen-bond donors (Lipinski definition) is 0. The number of rotatable bonds is 5. The number of benzene rings is 2. The van der Waals surface area contributed by atoms with E-state index in [2.05, 4.69) is 88.3 Å². The van der Waals surface area contributed by atoms with Crippen LogP contribution in [-0.4, -0.2) is 36.1 Å². The minimum absolute atomic E-state index is 0. The van der Waals surface area contributed by atoms with Crippen LogP contribution in [0.25, 0.3) is 22.0 Å². The Kier molecular flexibility index (Phi) is 5.61. The Labute approximate surface area is 187 Å². The van der Waals surface area contributed by atoms with Gasteiger partial charge in [-0.25, -0.2) is 0 Å². The molecule has 1 aliphatic heterocycles. The Morgan fingerprint density at radius 3 is 2.26 bits per heavy atom. The maximum atomic E-state index is 4.68. The zero-order valence-corrected chi connectivity index (χ0v) is 18.4. The van der Waals surface area contributed by atoms with Crippen LogP contribution in [0.15, 0.2) is 66.9 Å². The van der Waals surface area contributed by atoms with Crippen molar-refractivity contribution in [3.63, 3.8) is 0 Å². The predicted molar refractivity (Wildman–Crippen MR) is 134 cm³/mol. The van der Waals surface area contributed by atoms with E-state index in [9.17, 15) is 0 Å². The second-order valence-corrected chi connectivity index (χ2v) is 8.03. The molecule has 0 saturated carbocycles. The third-order valence-electron chi connectivity index (χ3n) is 6.16. The van der Waals surface area contributed by atoms with Crippen molar-refractivity contribution in [2.45, 2.75) is 20.4 Å². The van der Waals surface area contributed by atoms with Gasteiger partial charge in [0.25, 0.3) is 0 Å². The number of hydrogen-bond acceptors (Lipinski definition) is 3. The number of anilines is 1. The molecule has 3 nitrogen and oxygen atoms in total. The average molecular weight is 410 g/mol. The first-order chi connectivity index (χ1) is 15.4. The van der Waals surface area contributed by atoms with E-state index in [0.717, 1.165) is 38.2 Å². The van der Waals surface area contributed by atoms with Crippen LogP contribution in [0.1, 0.15) is 32.0 Å². The molecule has 0 bridgehead atoms. The zero-order chi connectivity index (χ0) is 21.2. The SMILES string of the molecule is CC.[CH]1C=C1c1ccccc1N1CCN(Cc2ccc(C3=C[CH]3)c3ncccc23)CC1.[HH]. The predicted octanol–water partition coefficient (Wildman–Crippen LogP) is 6.03. The van der Waals surface area contributed by atoms with Crippen molar-refractivity contribution in [1.29, 1.82) is 0 Å². The summed E-state index contributed by atoms with van der Waals surface area (Å²) in [6.45, 7) is 9.29. The fraction of sp³-hybridized carbons (Fsp3) is 0.250. The smallest absolute Gasteiger partial charge is 0.0780 e. The summed E-state index contributed by atoms with van der Waals surface area (Å²) in [5.74, 6) is 0. The maximum Gasteiger partial charge on any atom is 0.0780 e. The van der Waals surface area contributed by atoms with E-state index in [4.69, 9.17) is 0 Å². The monoisotopic (exact) mass is 409 g/mol. The van der Waals surface area contributed by atoms with Crippen LogP contribution >= 0.6 is 0 Å². The maximum absolute atomic E-state index is 4.68. The third kappa shape index (κ3) is 4.15. The first-order valence-corrected chi connectivity index (χ1v) is 11.4. The Morgan fingerprint density at radius 1 is 0.806 bits per heavy atom. The summed E-state index contributed by atoms with van der Waals surface area (Å²) in [5.41, 5.74) is 9.22. The molecule has 2 aromatic carbocycles. The largest absolute Gasteiger partial charge is 0.368 e. The molecule has 1 fully saturated rings. The lowest BCUT2D eigenvalue weighted by molar-refractivity contribution is 0.250. The number of allylic oxidation sites excluding steroid dienone is 4. The second-order valence-electron chi connectivity index (χ2n) is 8.03. The summed E-state index contributed by atoms with van der Waals surface area (Å²) in [4.78, 5) is 9.80. The quantitative estimate of drug-likeness (QED) is 0.513. The molecule has 3 aliphatic rings. The molecule has 1 aromatic heterocycles. The van der Waals surface area contributed by atoms with E-state index < -0.39 is 0 Å². The first-order valence-electron chi connectivity index (χ1n) is 11.4. The number of nitrogens with zero attached hydrogens (tertiary/aromatic N) is 3. The molecular formula is C28H31N3. The summed E-state index contributed by atoms with van der Waals surface area (Å²) in [5, 5.41) is 1.29. The lowest BCUT2D eigenvalue weighted by Crippen LogP contribution is -2.46. The molecular weight excluding hydrogens is 378 g/mol. The molecule has 2 heterocycles. The summed E-state index contributed by atoms with van der Waals surface area (Å²) >= 11 is 0. The average Bonchev–Trinajstić information content (AvgIpc) is 3.75. The molecule has 0 N–H and O–H groups in total. The van der Waals surface area contributed by atoms with Crippen molar-refractivity contribution in [2.24, 2.45) is 0 Å². The molecule has 0 unspecified atom stereocenters. The van der Waals surface area contributed by atoms with Crippen molar-refractivity contribution in [1.82, 2.24) is 9.88 Å². The number of pyridine rings is 1. The van der Waals surface area contributed by atoms with Crippen LogP contribution < -0.4 is 4.90 Å². The molecule has 0 atom stereocenters. The van der Waals surface area contributed by atoms with Crippen LogP contribution in [0.2, 0.25) is 0 Å².